The third-order valence-corrected chi connectivity index (χ3v) is 4.74. The van der Waals surface area contributed by atoms with E-state index < -0.39 is 0 Å². The van der Waals surface area contributed by atoms with Crippen LogP contribution in [0.4, 0.5) is 5.82 Å². The molecule has 2 aromatic rings. The van der Waals surface area contributed by atoms with Crippen LogP contribution in [-0.2, 0) is 0 Å². The Labute approximate surface area is 153 Å². The lowest BCUT2D eigenvalue weighted by molar-refractivity contribution is 0.0746. The van der Waals surface area contributed by atoms with Crippen LogP contribution in [-0.4, -0.2) is 42.0 Å². The minimum Gasteiger partial charge on any atom is -0.352 e. The normalized spacial score (nSPS) is 14.4. The van der Waals surface area contributed by atoms with E-state index >= 15 is 0 Å². The Kier molecular flexibility index (Phi) is 5.03. The highest BCUT2D eigenvalue weighted by atomic mass is 79.9. The second-order valence-electron chi connectivity index (χ2n) is 5.39. The van der Waals surface area contributed by atoms with E-state index in [9.17, 15) is 10.1 Å². The van der Waals surface area contributed by atoms with Crippen molar-refractivity contribution in [3.8, 4) is 6.07 Å². The largest absolute Gasteiger partial charge is 0.352 e. The summed E-state index contributed by atoms with van der Waals surface area (Å²) in [6, 6.07) is 10.9. The highest BCUT2D eigenvalue weighted by Crippen LogP contribution is 2.24. The fourth-order valence-electron chi connectivity index (χ4n) is 2.69. The van der Waals surface area contributed by atoms with Gasteiger partial charge in [0.1, 0.15) is 11.9 Å². The number of nitrogens with zero attached hydrogens (tertiary/aromatic N) is 4. The number of pyridine rings is 1. The number of anilines is 1. The van der Waals surface area contributed by atoms with Crippen molar-refractivity contribution in [1.29, 1.82) is 5.26 Å². The summed E-state index contributed by atoms with van der Waals surface area (Å²) in [5.74, 6) is 0.599. The van der Waals surface area contributed by atoms with Crippen molar-refractivity contribution < 1.29 is 4.79 Å². The molecule has 0 radical (unpaired) electrons. The summed E-state index contributed by atoms with van der Waals surface area (Å²) in [4.78, 5) is 20.7. The Bertz CT molecular complexity index is 812. The maximum absolute atomic E-state index is 12.6. The topological polar surface area (TPSA) is 60.2 Å². The minimum absolute atomic E-state index is 0.0753. The zero-order valence-corrected chi connectivity index (χ0v) is 15.1. The van der Waals surface area contributed by atoms with E-state index in [1.807, 2.05) is 11.0 Å². The van der Waals surface area contributed by atoms with Crippen LogP contribution in [0.1, 0.15) is 15.9 Å². The number of hydrogen-bond donors (Lipinski definition) is 0. The number of carbonyl (C=O) groups excluding carboxylic acids is 1. The summed E-state index contributed by atoms with van der Waals surface area (Å²) < 4.78 is 0.841. The van der Waals surface area contributed by atoms with E-state index in [0.29, 0.717) is 48.1 Å². The smallest absolute Gasteiger partial charge is 0.255 e. The molecule has 1 aromatic carbocycles. The van der Waals surface area contributed by atoms with E-state index in [4.69, 9.17) is 11.6 Å². The molecule has 1 aliphatic heterocycles. The third kappa shape index (κ3) is 3.37. The Morgan fingerprint density at radius 2 is 2.00 bits per heavy atom. The number of benzene rings is 1. The van der Waals surface area contributed by atoms with Crippen LogP contribution in [0.5, 0.6) is 0 Å². The van der Waals surface area contributed by atoms with Gasteiger partial charge in [-0.3, -0.25) is 4.79 Å². The molecule has 24 heavy (non-hydrogen) atoms. The molecule has 0 spiro atoms. The number of hydrogen-bond acceptors (Lipinski definition) is 4. The molecule has 122 valence electrons. The first-order chi connectivity index (χ1) is 11.6. The van der Waals surface area contributed by atoms with Crippen LogP contribution < -0.4 is 4.90 Å². The molecule has 3 rings (SSSR count). The van der Waals surface area contributed by atoms with E-state index in [1.54, 1.807) is 35.4 Å². The van der Waals surface area contributed by atoms with Crippen molar-refractivity contribution in [2.75, 3.05) is 31.1 Å². The molecule has 1 aliphatic rings. The number of aromatic nitrogens is 1. The van der Waals surface area contributed by atoms with Crippen molar-refractivity contribution in [3.63, 3.8) is 0 Å². The van der Waals surface area contributed by atoms with Gasteiger partial charge in [0.05, 0.1) is 16.1 Å². The summed E-state index contributed by atoms with van der Waals surface area (Å²) in [7, 11) is 0. The highest BCUT2D eigenvalue weighted by molar-refractivity contribution is 9.10. The van der Waals surface area contributed by atoms with Crippen molar-refractivity contribution in [2.45, 2.75) is 0 Å². The van der Waals surface area contributed by atoms with E-state index in [1.165, 1.54) is 0 Å². The van der Waals surface area contributed by atoms with Crippen LogP contribution in [0.25, 0.3) is 0 Å². The zero-order valence-electron chi connectivity index (χ0n) is 12.7. The summed E-state index contributed by atoms with van der Waals surface area (Å²) >= 11 is 9.51. The second-order valence-corrected chi connectivity index (χ2v) is 6.71. The Morgan fingerprint density at radius 3 is 2.67 bits per heavy atom. The highest BCUT2D eigenvalue weighted by Gasteiger charge is 2.25. The van der Waals surface area contributed by atoms with Gasteiger partial charge < -0.3 is 9.80 Å². The van der Waals surface area contributed by atoms with E-state index in [2.05, 4.69) is 27.0 Å². The summed E-state index contributed by atoms with van der Waals surface area (Å²) in [6.07, 6.45) is 1.68. The molecular formula is C17H14BrClN4O. The zero-order chi connectivity index (χ0) is 17.1. The Morgan fingerprint density at radius 1 is 1.25 bits per heavy atom. The van der Waals surface area contributed by atoms with Gasteiger partial charge in [0.2, 0.25) is 0 Å². The molecule has 2 heterocycles. The van der Waals surface area contributed by atoms with Crippen LogP contribution in [0, 0.1) is 11.3 Å². The average Bonchev–Trinajstić information content (AvgIpc) is 2.61. The van der Waals surface area contributed by atoms with Crippen molar-refractivity contribution >= 4 is 39.3 Å². The van der Waals surface area contributed by atoms with E-state index in [0.717, 1.165) is 4.47 Å². The van der Waals surface area contributed by atoms with Gasteiger partial charge in [0.25, 0.3) is 5.91 Å². The molecule has 0 N–H and O–H groups in total. The first kappa shape index (κ1) is 16.7. The molecule has 1 aromatic heterocycles. The van der Waals surface area contributed by atoms with Crippen LogP contribution in [0.3, 0.4) is 0 Å². The molecule has 0 bridgehead atoms. The van der Waals surface area contributed by atoms with Gasteiger partial charge in [-0.2, -0.15) is 5.26 Å². The number of carbonyl (C=O) groups is 1. The number of nitriles is 1. The molecule has 0 aliphatic carbocycles. The Hall–Kier alpha value is -2.10. The Balaban J connectivity index is 1.71. The standard InChI is InChI=1S/C17H14BrClN4O/c18-13-3-4-14(15(19)10-13)17(24)23-8-6-22(7-9-23)16-12(11-20)2-1-5-21-16/h1-5,10H,6-9H2. The van der Waals surface area contributed by atoms with Gasteiger partial charge in [-0.25, -0.2) is 4.98 Å². The van der Waals surface area contributed by atoms with Gasteiger partial charge in [0, 0.05) is 36.8 Å². The lowest BCUT2D eigenvalue weighted by Crippen LogP contribution is -2.49. The SMILES string of the molecule is N#Cc1cccnc1N1CCN(C(=O)c2ccc(Br)cc2Cl)CC1. The third-order valence-electron chi connectivity index (χ3n) is 3.94. The van der Waals surface area contributed by atoms with Crippen LogP contribution in [0.15, 0.2) is 41.0 Å². The van der Waals surface area contributed by atoms with Gasteiger partial charge in [-0.15, -0.1) is 0 Å². The fraction of sp³-hybridized carbons (Fsp3) is 0.235. The summed E-state index contributed by atoms with van der Waals surface area (Å²) in [5, 5.41) is 9.63. The molecule has 1 saturated heterocycles. The molecule has 7 heteroatoms. The summed E-state index contributed by atoms with van der Waals surface area (Å²) in [6.45, 7) is 2.39. The first-order valence-electron chi connectivity index (χ1n) is 7.44. The number of piperazine rings is 1. The van der Waals surface area contributed by atoms with Gasteiger partial charge in [-0.05, 0) is 30.3 Å². The quantitative estimate of drug-likeness (QED) is 0.769. The molecule has 0 atom stereocenters. The minimum atomic E-state index is -0.0753. The van der Waals surface area contributed by atoms with Crippen molar-refractivity contribution in [2.24, 2.45) is 0 Å². The fourth-order valence-corrected chi connectivity index (χ4v) is 3.45. The van der Waals surface area contributed by atoms with Crippen molar-refractivity contribution in [1.82, 2.24) is 9.88 Å². The molecule has 0 saturated carbocycles. The summed E-state index contributed by atoms with van der Waals surface area (Å²) in [5.41, 5.74) is 1.05. The predicted molar refractivity (Wildman–Crippen MR) is 96.2 cm³/mol. The number of rotatable bonds is 2. The van der Waals surface area contributed by atoms with Gasteiger partial charge in [-0.1, -0.05) is 27.5 Å². The molecular weight excluding hydrogens is 392 g/mol. The molecule has 5 nitrogen and oxygen atoms in total. The monoisotopic (exact) mass is 404 g/mol. The lowest BCUT2D eigenvalue weighted by Gasteiger charge is -2.35. The number of amides is 1. The second kappa shape index (κ2) is 7.20. The average molecular weight is 406 g/mol. The molecule has 1 amide bonds. The van der Waals surface area contributed by atoms with Gasteiger partial charge in [0.15, 0.2) is 0 Å². The van der Waals surface area contributed by atoms with Crippen LogP contribution >= 0.6 is 27.5 Å². The number of halogens is 2. The first-order valence-corrected chi connectivity index (χ1v) is 8.61. The van der Waals surface area contributed by atoms with Crippen molar-refractivity contribution in [3.05, 3.63) is 57.2 Å². The maximum atomic E-state index is 12.6. The predicted octanol–water partition coefficient (Wildman–Crippen LogP) is 3.33. The molecule has 0 unspecified atom stereocenters. The lowest BCUT2D eigenvalue weighted by atomic mass is 10.1. The van der Waals surface area contributed by atoms with Gasteiger partial charge >= 0.3 is 0 Å². The maximum Gasteiger partial charge on any atom is 0.255 e. The van der Waals surface area contributed by atoms with Crippen LogP contribution in [0.2, 0.25) is 5.02 Å². The molecule has 1 fully saturated rings. The van der Waals surface area contributed by atoms with E-state index in [-0.39, 0.29) is 5.91 Å².